The van der Waals surface area contributed by atoms with E-state index < -0.39 is 0 Å². The first-order valence-corrected chi connectivity index (χ1v) is 6.84. The zero-order chi connectivity index (χ0) is 11.3. The topological polar surface area (TPSA) is 18.5 Å². The molecular weight excluding hydrogens is 256 g/mol. The average Bonchev–Trinajstić information content (AvgIpc) is 2.21. The largest absolute Gasteiger partial charge is 0.379 e. The molecule has 1 aliphatic rings. The van der Waals surface area contributed by atoms with Gasteiger partial charge in [-0.1, -0.05) is 43.1 Å². The van der Waals surface area contributed by atoms with E-state index in [2.05, 4.69) is 36.7 Å². The predicted molar refractivity (Wildman–Crippen MR) is 66.6 cm³/mol. The van der Waals surface area contributed by atoms with Crippen LogP contribution in [0, 0.1) is 5.41 Å². The molecule has 1 fully saturated rings. The Morgan fingerprint density at radius 3 is 2.53 bits per heavy atom. The third-order valence-corrected chi connectivity index (χ3v) is 4.80. The van der Waals surface area contributed by atoms with E-state index in [9.17, 15) is 0 Å². The van der Waals surface area contributed by atoms with Crippen LogP contribution in [-0.4, -0.2) is 30.8 Å². The van der Waals surface area contributed by atoms with Crippen LogP contribution in [0.15, 0.2) is 0 Å². The quantitative estimate of drug-likeness (QED) is 0.525. The van der Waals surface area contributed by atoms with E-state index in [0.717, 1.165) is 32.7 Å². The number of halogens is 1. The Labute approximate surface area is 102 Å². The van der Waals surface area contributed by atoms with Crippen molar-refractivity contribution in [2.75, 3.05) is 19.8 Å². The zero-order valence-electron chi connectivity index (χ0n) is 10.1. The van der Waals surface area contributed by atoms with Crippen LogP contribution in [0.5, 0.6) is 0 Å². The van der Waals surface area contributed by atoms with Crippen LogP contribution in [0.4, 0.5) is 0 Å². The summed E-state index contributed by atoms with van der Waals surface area (Å²) in [7, 11) is 0. The Morgan fingerprint density at radius 1 is 1.27 bits per heavy atom. The molecule has 1 saturated carbocycles. The predicted octanol–water partition coefficient (Wildman–Crippen LogP) is 3.38. The fourth-order valence-corrected chi connectivity index (χ4v) is 2.35. The van der Waals surface area contributed by atoms with Crippen molar-refractivity contribution in [3.8, 4) is 0 Å². The normalized spacial score (nSPS) is 28.8. The fourth-order valence-electron chi connectivity index (χ4n) is 1.72. The smallest absolute Gasteiger partial charge is 0.0704 e. The summed E-state index contributed by atoms with van der Waals surface area (Å²) in [6.07, 6.45) is 3.87. The summed E-state index contributed by atoms with van der Waals surface area (Å²) >= 11 is 3.65. The number of unbranched alkanes of at least 4 members (excludes halogenated alkanes) is 1. The molecule has 0 spiro atoms. The Kier molecular flexibility index (Phi) is 5.58. The molecule has 2 nitrogen and oxygen atoms in total. The standard InChI is InChI=1S/C12H23BrO2/c1-4-5-6-14-7-8-15-11-9-10(13)12(11,2)3/h10-11H,4-9H2,1-3H3. The maximum absolute atomic E-state index is 5.79. The molecular formula is C12H23BrO2. The highest BCUT2D eigenvalue weighted by Crippen LogP contribution is 2.47. The van der Waals surface area contributed by atoms with Crippen LogP contribution in [0.3, 0.4) is 0 Å². The number of alkyl halides is 1. The van der Waals surface area contributed by atoms with Gasteiger partial charge >= 0.3 is 0 Å². The monoisotopic (exact) mass is 278 g/mol. The van der Waals surface area contributed by atoms with Crippen LogP contribution in [0.2, 0.25) is 0 Å². The van der Waals surface area contributed by atoms with E-state index in [-0.39, 0.29) is 5.41 Å². The van der Waals surface area contributed by atoms with Gasteiger partial charge in [-0.15, -0.1) is 0 Å². The second-order valence-electron chi connectivity index (χ2n) is 4.85. The van der Waals surface area contributed by atoms with Crippen molar-refractivity contribution < 1.29 is 9.47 Å². The van der Waals surface area contributed by atoms with Gasteiger partial charge in [0.2, 0.25) is 0 Å². The lowest BCUT2D eigenvalue weighted by Gasteiger charge is -2.48. The summed E-state index contributed by atoms with van der Waals surface area (Å²) in [5, 5.41) is 0. The summed E-state index contributed by atoms with van der Waals surface area (Å²) in [5.74, 6) is 0. The van der Waals surface area contributed by atoms with E-state index >= 15 is 0 Å². The van der Waals surface area contributed by atoms with Gasteiger partial charge in [0, 0.05) is 16.8 Å². The second kappa shape index (κ2) is 6.21. The molecule has 1 rings (SSSR count). The van der Waals surface area contributed by atoms with Crippen LogP contribution in [-0.2, 0) is 9.47 Å². The van der Waals surface area contributed by atoms with Gasteiger partial charge in [0.25, 0.3) is 0 Å². The van der Waals surface area contributed by atoms with Crippen molar-refractivity contribution in [2.45, 2.75) is 51.0 Å². The van der Waals surface area contributed by atoms with Gasteiger partial charge in [0.15, 0.2) is 0 Å². The maximum Gasteiger partial charge on any atom is 0.0704 e. The van der Waals surface area contributed by atoms with E-state index in [0.29, 0.717) is 10.9 Å². The second-order valence-corrected chi connectivity index (χ2v) is 5.96. The minimum absolute atomic E-state index is 0.281. The number of hydrogen-bond acceptors (Lipinski definition) is 2. The highest BCUT2D eigenvalue weighted by molar-refractivity contribution is 9.09. The van der Waals surface area contributed by atoms with Crippen molar-refractivity contribution >= 4 is 15.9 Å². The molecule has 0 aromatic rings. The van der Waals surface area contributed by atoms with Crippen LogP contribution >= 0.6 is 15.9 Å². The molecule has 0 radical (unpaired) electrons. The van der Waals surface area contributed by atoms with E-state index in [1.54, 1.807) is 0 Å². The van der Waals surface area contributed by atoms with Crippen molar-refractivity contribution in [1.82, 2.24) is 0 Å². The Morgan fingerprint density at radius 2 is 2.00 bits per heavy atom. The van der Waals surface area contributed by atoms with Gasteiger partial charge in [0.1, 0.15) is 0 Å². The van der Waals surface area contributed by atoms with Gasteiger partial charge in [-0.2, -0.15) is 0 Å². The summed E-state index contributed by atoms with van der Waals surface area (Å²) in [5.41, 5.74) is 0.281. The Hall–Kier alpha value is 0.400. The van der Waals surface area contributed by atoms with Gasteiger partial charge in [-0.25, -0.2) is 0 Å². The lowest BCUT2D eigenvalue weighted by atomic mass is 9.69. The lowest BCUT2D eigenvalue weighted by Crippen LogP contribution is -2.51. The SMILES string of the molecule is CCCCOCCOC1CC(Br)C1(C)C. The molecule has 0 N–H and O–H groups in total. The molecule has 90 valence electrons. The highest BCUT2D eigenvalue weighted by atomic mass is 79.9. The molecule has 0 saturated heterocycles. The summed E-state index contributed by atoms with van der Waals surface area (Å²) in [6.45, 7) is 9.01. The van der Waals surface area contributed by atoms with E-state index in [1.807, 2.05) is 0 Å². The van der Waals surface area contributed by atoms with Gasteiger partial charge in [-0.05, 0) is 12.8 Å². The maximum atomic E-state index is 5.79. The molecule has 3 heteroatoms. The minimum Gasteiger partial charge on any atom is -0.379 e. The molecule has 0 heterocycles. The van der Waals surface area contributed by atoms with Crippen molar-refractivity contribution in [3.63, 3.8) is 0 Å². The van der Waals surface area contributed by atoms with Crippen molar-refractivity contribution in [3.05, 3.63) is 0 Å². The third kappa shape index (κ3) is 3.72. The number of ether oxygens (including phenoxy) is 2. The number of rotatable bonds is 7. The average molecular weight is 279 g/mol. The van der Waals surface area contributed by atoms with Gasteiger partial charge in [-0.3, -0.25) is 0 Å². The molecule has 0 bridgehead atoms. The van der Waals surface area contributed by atoms with Gasteiger partial charge in [0.05, 0.1) is 19.3 Å². The first kappa shape index (κ1) is 13.5. The van der Waals surface area contributed by atoms with Crippen LogP contribution < -0.4 is 0 Å². The van der Waals surface area contributed by atoms with E-state index in [1.165, 1.54) is 6.42 Å². The first-order chi connectivity index (χ1) is 7.09. The third-order valence-electron chi connectivity index (χ3n) is 3.25. The number of hydrogen-bond donors (Lipinski definition) is 0. The molecule has 0 aromatic heterocycles. The van der Waals surface area contributed by atoms with Crippen LogP contribution in [0.1, 0.15) is 40.0 Å². The molecule has 2 unspecified atom stereocenters. The molecule has 2 atom stereocenters. The van der Waals surface area contributed by atoms with Crippen molar-refractivity contribution in [1.29, 1.82) is 0 Å². The van der Waals surface area contributed by atoms with Crippen molar-refractivity contribution in [2.24, 2.45) is 5.41 Å². The van der Waals surface area contributed by atoms with Crippen LogP contribution in [0.25, 0.3) is 0 Å². The summed E-state index contributed by atoms with van der Waals surface area (Å²) in [6, 6.07) is 0. The summed E-state index contributed by atoms with van der Waals surface area (Å²) in [4.78, 5) is 0.607. The van der Waals surface area contributed by atoms with E-state index in [4.69, 9.17) is 9.47 Å². The Bertz CT molecular complexity index is 182. The summed E-state index contributed by atoms with van der Waals surface area (Å²) < 4.78 is 11.2. The fraction of sp³-hybridized carbons (Fsp3) is 1.00. The molecule has 0 aliphatic heterocycles. The molecule has 0 amide bonds. The minimum atomic E-state index is 0.281. The lowest BCUT2D eigenvalue weighted by molar-refractivity contribution is -0.0984. The highest BCUT2D eigenvalue weighted by Gasteiger charge is 2.47. The zero-order valence-corrected chi connectivity index (χ0v) is 11.7. The van der Waals surface area contributed by atoms with Gasteiger partial charge < -0.3 is 9.47 Å². The first-order valence-electron chi connectivity index (χ1n) is 5.92. The molecule has 15 heavy (non-hydrogen) atoms. The molecule has 1 aliphatic carbocycles. The molecule has 0 aromatic carbocycles. The Balaban J connectivity index is 1.97.